The summed E-state index contributed by atoms with van der Waals surface area (Å²) in [6.45, 7) is 0.457. The molecule has 0 radical (unpaired) electrons. The number of amides is 2. The molecule has 1 aliphatic rings. The average molecular weight is 266 g/mol. The Kier molecular flexibility index (Phi) is 2.96. The van der Waals surface area contributed by atoms with Crippen LogP contribution in [0.4, 0.5) is 4.79 Å². The van der Waals surface area contributed by atoms with Gasteiger partial charge >= 0.3 is 6.03 Å². The maximum Gasteiger partial charge on any atom is 0.315 e. The van der Waals surface area contributed by atoms with Crippen molar-refractivity contribution in [1.29, 1.82) is 0 Å². The Morgan fingerprint density at radius 2 is 1.87 bits per heavy atom. The zero-order chi connectivity index (χ0) is 11.0. The molecule has 0 saturated carbocycles. The Hall–Kier alpha value is -0.640. The smallest absolute Gasteiger partial charge is 0.315 e. The monoisotopic (exact) mass is 264 g/mol. The van der Waals surface area contributed by atoms with Gasteiger partial charge in [0.25, 0.3) is 0 Å². The number of urea groups is 1. The van der Waals surface area contributed by atoms with E-state index in [9.17, 15) is 4.79 Å². The highest BCUT2D eigenvalue weighted by atomic mass is 35.5. The third-order valence-corrected chi connectivity index (χ3v) is 3.35. The van der Waals surface area contributed by atoms with Crippen molar-refractivity contribution in [2.45, 2.75) is 6.04 Å². The van der Waals surface area contributed by atoms with Crippen molar-refractivity contribution in [3.63, 3.8) is 0 Å². The van der Waals surface area contributed by atoms with Crippen molar-refractivity contribution in [1.82, 2.24) is 10.6 Å². The molecule has 1 saturated heterocycles. The highest BCUT2D eigenvalue weighted by Crippen LogP contribution is 2.36. The number of nitrogens with one attached hydrogen (secondary N) is 2. The minimum atomic E-state index is -0.230. The van der Waals surface area contributed by atoms with Crippen molar-refractivity contribution in [3.8, 4) is 0 Å². The summed E-state index contributed by atoms with van der Waals surface area (Å²) in [6, 6.07) is 2.83. The van der Waals surface area contributed by atoms with Gasteiger partial charge in [0.15, 0.2) is 0 Å². The van der Waals surface area contributed by atoms with Crippen molar-refractivity contribution in [3.05, 3.63) is 32.8 Å². The largest absolute Gasteiger partial charge is 0.336 e. The first-order chi connectivity index (χ1) is 7.09. The first kappa shape index (κ1) is 10.9. The lowest BCUT2D eigenvalue weighted by Crippen LogP contribution is -2.22. The second kappa shape index (κ2) is 4.08. The summed E-state index contributed by atoms with van der Waals surface area (Å²) in [4.78, 5) is 11.0. The first-order valence-electron chi connectivity index (χ1n) is 4.27. The molecule has 2 N–H and O–H groups in total. The summed E-state index contributed by atoms with van der Waals surface area (Å²) < 4.78 is 0. The van der Waals surface area contributed by atoms with E-state index in [4.69, 9.17) is 34.8 Å². The van der Waals surface area contributed by atoms with Gasteiger partial charge in [0.2, 0.25) is 0 Å². The molecule has 0 bridgehead atoms. The summed E-state index contributed by atoms with van der Waals surface area (Å²) in [6.07, 6.45) is 0. The normalized spacial score (nSPS) is 19.9. The molecule has 1 aliphatic heterocycles. The summed E-state index contributed by atoms with van der Waals surface area (Å²) in [5, 5.41) is 6.65. The van der Waals surface area contributed by atoms with Gasteiger partial charge in [-0.3, -0.25) is 0 Å². The van der Waals surface area contributed by atoms with E-state index in [-0.39, 0.29) is 12.1 Å². The number of carbonyl (C=O) groups is 1. The zero-order valence-corrected chi connectivity index (χ0v) is 9.75. The molecule has 6 heteroatoms. The van der Waals surface area contributed by atoms with Crippen LogP contribution < -0.4 is 10.6 Å². The molecule has 3 nitrogen and oxygen atoms in total. The molecule has 1 atom stereocenters. The molecular formula is C9H7Cl3N2O. The minimum Gasteiger partial charge on any atom is -0.336 e. The summed E-state index contributed by atoms with van der Waals surface area (Å²) >= 11 is 17.9. The van der Waals surface area contributed by atoms with Crippen LogP contribution in [0.15, 0.2) is 12.1 Å². The van der Waals surface area contributed by atoms with E-state index >= 15 is 0 Å². The summed E-state index contributed by atoms with van der Waals surface area (Å²) in [7, 11) is 0. The van der Waals surface area contributed by atoms with E-state index in [1.807, 2.05) is 0 Å². The van der Waals surface area contributed by atoms with Crippen molar-refractivity contribution in [2.75, 3.05) is 6.54 Å². The number of hydrogen-bond donors (Lipinski definition) is 2. The van der Waals surface area contributed by atoms with Crippen molar-refractivity contribution in [2.24, 2.45) is 0 Å². The van der Waals surface area contributed by atoms with E-state index in [2.05, 4.69) is 10.6 Å². The fraction of sp³-hybridized carbons (Fsp3) is 0.222. The molecule has 2 rings (SSSR count). The van der Waals surface area contributed by atoms with Crippen LogP contribution in [0.3, 0.4) is 0 Å². The number of hydrogen-bond acceptors (Lipinski definition) is 1. The van der Waals surface area contributed by atoms with E-state index < -0.39 is 0 Å². The number of halogens is 3. The highest BCUT2D eigenvalue weighted by molar-refractivity contribution is 6.44. The molecule has 80 valence electrons. The van der Waals surface area contributed by atoms with Gasteiger partial charge < -0.3 is 10.6 Å². The van der Waals surface area contributed by atoms with Crippen molar-refractivity contribution >= 4 is 40.8 Å². The number of benzene rings is 1. The Morgan fingerprint density at radius 1 is 1.20 bits per heavy atom. The Labute approximate surface area is 102 Å². The van der Waals surface area contributed by atoms with Gasteiger partial charge in [0.1, 0.15) is 0 Å². The Balaban J connectivity index is 2.43. The molecule has 0 aliphatic carbocycles. The van der Waals surface area contributed by atoms with Crippen LogP contribution in [-0.4, -0.2) is 12.6 Å². The maximum atomic E-state index is 11.0. The van der Waals surface area contributed by atoms with E-state index in [1.165, 1.54) is 0 Å². The lowest BCUT2D eigenvalue weighted by molar-refractivity contribution is 0.247. The minimum absolute atomic E-state index is 0.226. The lowest BCUT2D eigenvalue weighted by Gasteiger charge is -2.13. The quantitative estimate of drug-likeness (QED) is 0.753. The van der Waals surface area contributed by atoms with Gasteiger partial charge in [-0.05, 0) is 12.1 Å². The molecule has 0 unspecified atom stereocenters. The van der Waals surface area contributed by atoms with Crippen LogP contribution in [0, 0.1) is 0 Å². The fourth-order valence-corrected chi connectivity index (χ4v) is 2.29. The Bertz CT molecular complexity index is 422. The molecule has 1 aromatic carbocycles. The van der Waals surface area contributed by atoms with Gasteiger partial charge in [-0.25, -0.2) is 4.79 Å². The van der Waals surface area contributed by atoms with Crippen LogP contribution in [-0.2, 0) is 0 Å². The van der Waals surface area contributed by atoms with E-state index in [0.717, 1.165) is 0 Å². The Morgan fingerprint density at radius 3 is 2.47 bits per heavy atom. The fourth-order valence-electron chi connectivity index (χ4n) is 1.49. The molecule has 15 heavy (non-hydrogen) atoms. The molecule has 1 aromatic rings. The summed E-state index contributed by atoms with van der Waals surface area (Å²) in [5.41, 5.74) is 0.657. The molecule has 2 amide bonds. The third kappa shape index (κ3) is 2.00. The topological polar surface area (TPSA) is 41.1 Å². The predicted molar refractivity (Wildman–Crippen MR) is 60.7 cm³/mol. The van der Waals surface area contributed by atoms with Crippen LogP contribution in [0.2, 0.25) is 15.1 Å². The van der Waals surface area contributed by atoms with Crippen LogP contribution in [0.25, 0.3) is 0 Å². The standard InChI is InChI=1S/C9H7Cl3N2O/c10-4-1-2-5(11)8(12)7(4)6-3-13-9(15)14-6/h1-2,6H,3H2,(H2,13,14,15)/t6-/m1/s1. The second-order valence-corrected chi connectivity index (χ2v) is 4.36. The van der Waals surface area contributed by atoms with Gasteiger partial charge in [-0.15, -0.1) is 0 Å². The SMILES string of the molecule is O=C1NC[C@H](c2c(Cl)ccc(Cl)c2Cl)N1. The molecule has 0 aromatic heterocycles. The zero-order valence-electron chi connectivity index (χ0n) is 7.48. The molecule has 1 heterocycles. The third-order valence-electron chi connectivity index (χ3n) is 2.20. The predicted octanol–water partition coefficient (Wildman–Crippen LogP) is 3.00. The van der Waals surface area contributed by atoms with E-state index in [0.29, 0.717) is 27.2 Å². The van der Waals surface area contributed by atoms with Gasteiger partial charge in [0, 0.05) is 17.1 Å². The lowest BCUT2D eigenvalue weighted by atomic mass is 10.1. The summed E-state index contributed by atoms with van der Waals surface area (Å²) in [5.74, 6) is 0. The van der Waals surface area contributed by atoms with Gasteiger partial charge in [-0.2, -0.15) is 0 Å². The maximum absolute atomic E-state index is 11.0. The van der Waals surface area contributed by atoms with Gasteiger partial charge in [0.05, 0.1) is 16.1 Å². The van der Waals surface area contributed by atoms with Crippen LogP contribution in [0.5, 0.6) is 0 Å². The molecular weight excluding hydrogens is 258 g/mol. The second-order valence-electron chi connectivity index (χ2n) is 3.16. The van der Waals surface area contributed by atoms with Crippen molar-refractivity contribution < 1.29 is 4.79 Å². The van der Waals surface area contributed by atoms with Crippen LogP contribution >= 0.6 is 34.8 Å². The average Bonchev–Trinajstić information content (AvgIpc) is 2.59. The highest BCUT2D eigenvalue weighted by Gasteiger charge is 2.26. The molecule has 1 fully saturated rings. The van der Waals surface area contributed by atoms with Gasteiger partial charge in [-0.1, -0.05) is 34.8 Å². The number of carbonyl (C=O) groups excluding carboxylic acids is 1. The first-order valence-corrected chi connectivity index (χ1v) is 5.40. The number of rotatable bonds is 1. The molecule has 0 spiro atoms. The van der Waals surface area contributed by atoms with Crippen LogP contribution in [0.1, 0.15) is 11.6 Å². The van der Waals surface area contributed by atoms with E-state index in [1.54, 1.807) is 12.1 Å².